The lowest BCUT2D eigenvalue weighted by molar-refractivity contribution is 0.0974. The number of carbonyl (C=O) groups excluding carboxylic acids is 1. The van der Waals surface area contributed by atoms with Crippen LogP contribution in [0.15, 0.2) is 29.1 Å². The van der Waals surface area contributed by atoms with Gasteiger partial charge in [-0.15, -0.1) is 0 Å². The zero-order valence-corrected chi connectivity index (χ0v) is 9.69. The Balaban J connectivity index is 2.53. The smallest absolute Gasteiger partial charge is 0.255 e. The summed E-state index contributed by atoms with van der Waals surface area (Å²) in [5.74, 6) is 0.161. The van der Waals surface area contributed by atoms with Gasteiger partial charge in [-0.1, -0.05) is 6.07 Å². The molecular formula is C14H13NO2. The molecule has 2 aromatic heterocycles. The van der Waals surface area contributed by atoms with Crippen molar-refractivity contribution in [1.82, 2.24) is 4.40 Å². The summed E-state index contributed by atoms with van der Waals surface area (Å²) in [6.45, 7) is 1.88. The number of nitrogens with zero attached hydrogens (tertiary/aromatic N) is 1. The molecule has 2 aromatic rings. The van der Waals surface area contributed by atoms with Crippen molar-refractivity contribution in [3.05, 3.63) is 51.4 Å². The molecule has 0 radical (unpaired) electrons. The Morgan fingerprint density at radius 2 is 2.00 bits per heavy atom. The lowest BCUT2D eigenvalue weighted by Gasteiger charge is -2.17. The third-order valence-corrected chi connectivity index (χ3v) is 3.41. The molecule has 3 rings (SSSR count). The Labute approximate surface area is 98.7 Å². The molecule has 0 N–H and O–H groups in total. The van der Waals surface area contributed by atoms with Gasteiger partial charge in [-0.3, -0.25) is 14.0 Å². The Bertz CT molecular complexity index is 682. The third-order valence-electron chi connectivity index (χ3n) is 3.41. The average molecular weight is 227 g/mol. The van der Waals surface area contributed by atoms with Crippen molar-refractivity contribution in [3.63, 3.8) is 0 Å². The Morgan fingerprint density at radius 3 is 2.82 bits per heavy atom. The first kappa shape index (κ1) is 10.3. The van der Waals surface area contributed by atoms with E-state index in [0.29, 0.717) is 6.42 Å². The van der Waals surface area contributed by atoms with Gasteiger partial charge in [0.05, 0.1) is 5.52 Å². The highest BCUT2D eigenvalue weighted by Gasteiger charge is 2.21. The fourth-order valence-electron chi connectivity index (χ4n) is 2.64. The van der Waals surface area contributed by atoms with Crippen molar-refractivity contribution in [1.29, 1.82) is 0 Å². The monoisotopic (exact) mass is 227 g/mol. The van der Waals surface area contributed by atoms with Crippen molar-refractivity contribution in [3.8, 4) is 0 Å². The number of hydrogen-bond acceptors (Lipinski definition) is 2. The van der Waals surface area contributed by atoms with Crippen LogP contribution in [0.4, 0.5) is 0 Å². The van der Waals surface area contributed by atoms with Gasteiger partial charge in [0.2, 0.25) is 0 Å². The minimum absolute atomic E-state index is 0.0356. The van der Waals surface area contributed by atoms with E-state index < -0.39 is 0 Å². The van der Waals surface area contributed by atoms with E-state index in [1.165, 1.54) is 0 Å². The van der Waals surface area contributed by atoms with E-state index in [1.54, 1.807) is 10.5 Å². The minimum Gasteiger partial charge on any atom is -0.294 e. The van der Waals surface area contributed by atoms with Crippen molar-refractivity contribution in [2.75, 3.05) is 0 Å². The largest absolute Gasteiger partial charge is 0.294 e. The summed E-state index contributed by atoms with van der Waals surface area (Å²) < 4.78 is 1.63. The van der Waals surface area contributed by atoms with Gasteiger partial charge >= 0.3 is 0 Å². The first-order valence-corrected chi connectivity index (χ1v) is 5.86. The molecule has 0 saturated heterocycles. The van der Waals surface area contributed by atoms with Gasteiger partial charge in [-0.2, -0.15) is 0 Å². The Morgan fingerprint density at radius 1 is 1.18 bits per heavy atom. The zero-order chi connectivity index (χ0) is 12.0. The fourth-order valence-corrected chi connectivity index (χ4v) is 2.64. The Hall–Kier alpha value is -1.90. The minimum atomic E-state index is -0.0356. The van der Waals surface area contributed by atoms with Crippen LogP contribution in [-0.2, 0) is 6.42 Å². The van der Waals surface area contributed by atoms with Crippen LogP contribution >= 0.6 is 0 Å². The lowest BCUT2D eigenvalue weighted by Crippen LogP contribution is -2.22. The molecule has 0 unspecified atom stereocenters. The number of fused-ring (bicyclic) bond motifs is 3. The molecule has 86 valence electrons. The summed E-state index contributed by atoms with van der Waals surface area (Å²) in [6, 6.07) is 7.25. The maximum Gasteiger partial charge on any atom is 0.255 e. The highest BCUT2D eigenvalue weighted by Crippen LogP contribution is 2.24. The number of rotatable bonds is 0. The molecule has 1 aliphatic rings. The van der Waals surface area contributed by atoms with Gasteiger partial charge in [0.1, 0.15) is 0 Å². The van der Waals surface area contributed by atoms with Crippen LogP contribution in [0.25, 0.3) is 5.52 Å². The van der Waals surface area contributed by atoms with E-state index in [9.17, 15) is 9.59 Å². The van der Waals surface area contributed by atoms with Gasteiger partial charge in [-0.25, -0.2) is 0 Å². The second-order valence-electron chi connectivity index (χ2n) is 4.55. The van der Waals surface area contributed by atoms with Gasteiger partial charge in [-0.05, 0) is 37.5 Å². The molecular weight excluding hydrogens is 214 g/mol. The van der Waals surface area contributed by atoms with Gasteiger partial charge in [0.15, 0.2) is 5.78 Å². The molecule has 0 atom stereocenters. The molecule has 0 spiro atoms. The molecule has 3 nitrogen and oxygen atoms in total. The van der Waals surface area contributed by atoms with Crippen molar-refractivity contribution >= 4 is 11.3 Å². The van der Waals surface area contributed by atoms with Crippen molar-refractivity contribution in [2.24, 2.45) is 0 Å². The van der Waals surface area contributed by atoms with Crippen LogP contribution in [0.1, 0.15) is 34.5 Å². The summed E-state index contributed by atoms with van der Waals surface area (Å²) in [5, 5.41) is 0. The normalized spacial score (nSPS) is 15.0. The number of aromatic nitrogens is 1. The quantitative estimate of drug-likeness (QED) is 0.691. The van der Waals surface area contributed by atoms with Crippen LogP contribution in [0, 0.1) is 6.92 Å². The molecule has 0 amide bonds. The molecule has 0 bridgehead atoms. The van der Waals surface area contributed by atoms with Gasteiger partial charge < -0.3 is 0 Å². The van der Waals surface area contributed by atoms with Gasteiger partial charge in [0.25, 0.3) is 5.56 Å². The highest BCUT2D eigenvalue weighted by atomic mass is 16.1. The number of Topliss-reactive ketones (excluding diaryl/α,β-unsaturated/α-hetero) is 1. The molecule has 0 fully saturated rings. The molecule has 0 aliphatic heterocycles. The van der Waals surface area contributed by atoms with Gasteiger partial charge in [0, 0.05) is 23.7 Å². The molecule has 1 aliphatic carbocycles. The first-order chi connectivity index (χ1) is 8.18. The molecule has 3 heteroatoms. The number of carbonyl (C=O) groups is 1. The predicted molar refractivity (Wildman–Crippen MR) is 65.7 cm³/mol. The molecule has 2 heterocycles. The van der Waals surface area contributed by atoms with Crippen molar-refractivity contribution < 1.29 is 4.79 Å². The summed E-state index contributed by atoms with van der Waals surface area (Å²) in [5.41, 5.74) is 3.26. The van der Waals surface area contributed by atoms with Crippen LogP contribution in [0.5, 0.6) is 0 Å². The third kappa shape index (κ3) is 1.42. The number of pyridine rings is 2. The lowest BCUT2D eigenvalue weighted by atomic mass is 9.90. The maximum atomic E-state index is 12.0. The maximum absolute atomic E-state index is 12.0. The van der Waals surface area contributed by atoms with E-state index in [2.05, 4.69) is 0 Å². The first-order valence-electron chi connectivity index (χ1n) is 5.86. The van der Waals surface area contributed by atoms with Crippen LogP contribution < -0.4 is 5.56 Å². The Kier molecular flexibility index (Phi) is 2.15. The van der Waals surface area contributed by atoms with E-state index in [-0.39, 0.29) is 11.3 Å². The molecule has 0 saturated carbocycles. The second kappa shape index (κ2) is 3.55. The van der Waals surface area contributed by atoms with Crippen LogP contribution in [0.3, 0.4) is 0 Å². The summed E-state index contributed by atoms with van der Waals surface area (Å²) in [6.07, 6.45) is 2.28. The second-order valence-corrected chi connectivity index (χ2v) is 4.55. The van der Waals surface area contributed by atoms with E-state index >= 15 is 0 Å². The van der Waals surface area contributed by atoms with E-state index in [0.717, 1.165) is 35.2 Å². The summed E-state index contributed by atoms with van der Waals surface area (Å²) in [4.78, 5) is 24.0. The highest BCUT2D eigenvalue weighted by molar-refractivity contribution is 6.04. The molecule has 17 heavy (non-hydrogen) atoms. The summed E-state index contributed by atoms with van der Waals surface area (Å²) in [7, 11) is 0. The number of hydrogen-bond donors (Lipinski definition) is 0. The zero-order valence-electron chi connectivity index (χ0n) is 9.69. The van der Waals surface area contributed by atoms with Crippen LogP contribution in [-0.4, -0.2) is 10.2 Å². The predicted octanol–water partition coefficient (Wildman–Crippen LogP) is 2.13. The van der Waals surface area contributed by atoms with Crippen LogP contribution in [0.2, 0.25) is 0 Å². The number of aryl methyl sites for hydroxylation is 2. The SMILES string of the molecule is Cc1cccc2c3c(cc(=O)n12)CCCC3=O. The standard InChI is InChI=1S/C14H13NO2/c1-9-4-2-6-11-14-10(5-3-7-12(14)16)8-13(17)15(9)11/h2,4,6,8H,3,5,7H2,1H3. The molecule has 0 aromatic carbocycles. The van der Waals surface area contributed by atoms with Crippen molar-refractivity contribution in [2.45, 2.75) is 26.2 Å². The van der Waals surface area contributed by atoms with E-state index in [4.69, 9.17) is 0 Å². The summed E-state index contributed by atoms with van der Waals surface area (Å²) >= 11 is 0. The number of ketones is 1. The topological polar surface area (TPSA) is 38.5 Å². The fraction of sp³-hybridized carbons (Fsp3) is 0.286. The average Bonchev–Trinajstić information content (AvgIpc) is 2.28. The van der Waals surface area contributed by atoms with E-state index in [1.807, 2.05) is 25.1 Å².